The Hall–Kier alpha value is -1.43. The SMILES string of the molecule is CCOC1CC(O)C12CCN(C(=O)c1cc3ccccc3s1)CC2. The van der Waals surface area contributed by atoms with Crippen LogP contribution in [0, 0.1) is 5.41 Å². The van der Waals surface area contributed by atoms with Crippen LogP contribution in [-0.2, 0) is 4.74 Å². The van der Waals surface area contributed by atoms with Gasteiger partial charge in [-0.15, -0.1) is 11.3 Å². The van der Waals surface area contributed by atoms with E-state index in [2.05, 4.69) is 6.07 Å². The first kappa shape index (κ1) is 16.1. The predicted octanol–water partition coefficient (Wildman–Crippen LogP) is 3.29. The van der Waals surface area contributed by atoms with E-state index in [1.54, 1.807) is 11.3 Å². The van der Waals surface area contributed by atoms with Gasteiger partial charge < -0.3 is 14.7 Å². The largest absolute Gasteiger partial charge is 0.392 e. The second-order valence-corrected chi connectivity index (χ2v) is 7.95. The van der Waals surface area contributed by atoms with Gasteiger partial charge in [0.15, 0.2) is 0 Å². The van der Waals surface area contributed by atoms with Crippen LogP contribution in [0.1, 0.15) is 35.9 Å². The van der Waals surface area contributed by atoms with Crippen LogP contribution in [0.2, 0.25) is 0 Å². The molecule has 0 radical (unpaired) electrons. The molecule has 128 valence electrons. The van der Waals surface area contributed by atoms with E-state index in [-0.39, 0.29) is 23.5 Å². The molecule has 4 nitrogen and oxygen atoms in total. The number of hydrogen-bond donors (Lipinski definition) is 1. The monoisotopic (exact) mass is 345 g/mol. The van der Waals surface area contributed by atoms with Gasteiger partial charge in [-0.05, 0) is 37.3 Å². The molecule has 1 aliphatic carbocycles. The third-order valence-electron chi connectivity index (χ3n) is 5.73. The van der Waals surface area contributed by atoms with Gasteiger partial charge in [-0.1, -0.05) is 18.2 Å². The number of hydrogen-bond acceptors (Lipinski definition) is 4. The quantitative estimate of drug-likeness (QED) is 0.929. The molecule has 1 spiro atoms. The van der Waals surface area contributed by atoms with Crippen LogP contribution in [0.15, 0.2) is 30.3 Å². The number of fused-ring (bicyclic) bond motifs is 1. The van der Waals surface area contributed by atoms with E-state index >= 15 is 0 Å². The van der Waals surface area contributed by atoms with Crippen molar-refractivity contribution in [1.82, 2.24) is 4.90 Å². The Morgan fingerprint density at radius 3 is 2.79 bits per heavy atom. The molecular formula is C19H23NO3S. The highest BCUT2D eigenvalue weighted by Crippen LogP contribution is 2.51. The first-order chi connectivity index (χ1) is 11.6. The van der Waals surface area contributed by atoms with Gasteiger partial charge in [-0.2, -0.15) is 0 Å². The van der Waals surface area contributed by atoms with Crippen LogP contribution in [0.25, 0.3) is 10.1 Å². The summed E-state index contributed by atoms with van der Waals surface area (Å²) in [4.78, 5) is 15.6. The molecule has 2 unspecified atom stereocenters. The average molecular weight is 345 g/mol. The van der Waals surface area contributed by atoms with E-state index in [0.29, 0.717) is 19.7 Å². The Balaban J connectivity index is 1.46. The molecule has 24 heavy (non-hydrogen) atoms. The van der Waals surface area contributed by atoms with Crippen molar-refractivity contribution in [1.29, 1.82) is 0 Å². The summed E-state index contributed by atoms with van der Waals surface area (Å²) in [6, 6.07) is 10.1. The van der Waals surface area contributed by atoms with Crippen molar-refractivity contribution in [2.75, 3.05) is 19.7 Å². The summed E-state index contributed by atoms with van der Waals surface area (Å²) in [5, 5.41) is 11.4. The first-order valence-corrected chi connectivity index (χ1v) is 9.53. The Morgan fingerprint density at radius 2 is 2.12 bits per heavy atom. The standard InChI is InChI=1S/C19H23NO3S/c1-2-23-17-12-16(21)19(17)7-9-20(10-8-19)18(22)15-11-13-5-3-4-6-14(13)24-15/h3-6,11,16-17,21H,2,7-10,12H2,1H3. The number of nitrogens with zero attached hydrogens (tertiary/aromatic N) is 1. The van der Waals surface area contributed by atoms with Gasteiger partial charge in [-0.3, -0.25) is 4.79 Å². The number of rotatable bonds is 3. The number of benzene rings is 1. The fourth-order valence-electron chi connectivity index (χ4n) is 4.19. The molecule has 2 aromatic rings. The Bertz CT molecular complexity index is 713. The summed E-state index contributed by atoms with van der Waals surface area (Å²) < 4.78 is 6.95. The highest BCUT2D eigenvalue weighted by Gasteiger charge is 2.56. The predicted molar refractivity (Wildman–Crippen MR) is 95.4 cm³/mol. The summed E-state index contributed by atoms with van der Waals surface area (Å²) >= 11 is 1.56. The van der Waals surface area contributed by atoms with Crippen LogP contribution in [-0.4, -0.2) is 47.8 Å². The van der Waals surface area contributed by atoms with Crippen LogP contribution >= 0.6 is 11.3 Å². The van der Waals surface area contributed by atoms with Crippen LogP contribution in [0.3, 0.4) is 0 Å². The highest BCUT2D eigenvalue weighted by atomic mass is 32.1. The van der Waals surface area contributed by atoms with E-state index in [9.17, 15) is 9.90 Å². The number of piperidine rings is 1. The first-order valence-electron chi connectivity index (χ1n) is 8.71. The van der Waals surface area contributed by atoms with Crippen molar-refractivity contribution in [2.45, 2.75) is 38.4 Å². The summed E-state index contributed by atoms with van der Waals surface area (Å²) in [6.07, 6.45) is 2.26. The minimum atomic E-state index is -0.282. The lowest BCUT2D eigenvalue weighted by Crippen LogP contribution is -2.62. The van der Waals surface area contributed by atoms with Crippen molar-refractivity contribution in [3.63, 3.8) is 0 Å². The summed E-state index contributed by atoms with van der Waals surface area (Å²) in [7, 11) is 0. The number of carbonyl (C=O) groups is 1. The minimum Gasteiger partial charge on any atom is -0.392 e. The molecule has 1 N–H and O–H groups in total. The maximum atomic E-state index is 12.8. The lowest BCUT2D eigenvalue weighted by molar-refractivity contribution is -0.207. The second kappa shape index (κ2) is 6.14. The van der Waals surface area contributed by atoms with E-state index < -0.39 is 0 Å². The molecule has 1 saturated carbocycles. The molecule has 2 aliphatic rings. The smallest absolute Gasteiger partial charge is 0.263 e. The third kappa shape index (κ3) is 2.46. The van der Waals surface area contributed by atoms with Crippen molar-refractivity contribution in [3.05, 3.63) is 35.2 Å². The lowest BCUT2D eigenvalue weighted by atomic mass is 9.58. The minimum absolute atomic E-state index is 0.118. The number of aliphatic hydroxyl groups is 1. The lowest BCUT2D eigenvalue weighted by Gasteiger charge is -2.56. The zero-order valence-corrected chi connectivity index (χ0v) is 14.7. The Kier molecular flexibility index (Phi) is 4.11. The number of carbonyl (C=O) groups excluding carboxylic acids is 1. The fourth-order valence-corrected chi connectivity index (χ4v) is 5.22. The molecular weight excluding hydrogens is 322 g/mol. The van der Waals surface area contributed by atoms with Gasteiger partial charge in [0.2, 0.25) is 0 Å². The van der Waals surface area contributed by atoms with E-state index in [1.807, 2.05) is 36.1 Å². The molecule has 0 bridgehead atoms. The summed E-state index contributed by atoms with van der Waals surface area (Å²) in [5.41, 5.74) is -0.132. The number of thiophene rings is 1. The molecule has 1 amide bonds. The maximum Gasteiger partial charge on any atom is 0.263 e. The van der Waals surface area contributed by atoms with E-state index in [1.165, 1.54) is 0 Å². The molecule has 1 aromatic heterocycles. The summed E-state index contributed by atoms with van der Waals surface area (Å²) in [5.74, 6) is 0.118. The van der Waals surface area contributed by atoms with Crippen molar-refractivity contribution < 1.29 is 14.6 Å². The van der Waals surface area contributed by atoms with E-state index in [0.717, 1.165) is 34.2 Å². The van der Waals surface area contributed by atoms with Crippen molar-refractivity contribution >= 4 is 27.3 Å². The maximum absolute atomic E-state index is 12.8. The Morgan fingerprint density at radius 1 is 1.38 bits per heavy atom. The van der Waals surface area contributed by atoms with Gasteiger partial charge in [-0.25, -0.2) is 0 Å². The van der Waals surface area contributed by atoms with E-state index in [4.69, 9.17) is 4.74 Å². The van der Waals surface area contributed by atoms with Gasteiger partial charge in [0, 0.05) is 36.2 Å². The Labute approximate surface area is 146 Å². The molecule has 1 aromatic carbocycles. The fraction of sp³-hybridized carbons (Fsp3) is 0.526. The average Bonchev–Trinajstić information content (AvgIpc) is 3.05. The second-order valence-electron chi connectivity index (χ2n) is 6.87. The van der Waals surface area contributed by atoms with Crippen LogP contribution < -0.4 is 0 Å². The van der Waals surface area contributed by atoms with Crippen LogP contribution in [0.5, 0.6) is 0 Å². The zero-order chi connectivity index (χ0) is 16.7. The molecule has 1 saturated heterocycles. The molecule has 1 aliphatic heterocycles. The molecule has 2 heterocycles. The molecule has 4 rings (SSSR count). The number of ether oxygens (including phenoxy) is 1. The van der Waals surface area contributed by atoms with Gasteiger partial charge in [0.25, 0.3) is 5.91 Å². The summed E-state index contributed by atoms with van der Waals surface area (Å²) in [6.45, 7) is 4.09. The van der Waals surface area contributed by atoms with Gasteiger partial charge in [0.1, 0.15) is 0 Å². The topological polar surface area (TPSA) is 49.8 Å². The van der Waals surface area contributed by atoms with Crippen LogP contribution in [0.4, 0.5) is 0 Å². The third-order valence-corrected chi connectivity index (χ3v) is 6.83. The highest BCUT2D eigenvalue weighted by molar-refractivity contribution is 7.20. The van der Waals surface area contributed by atoms with Gasteiger partial charge in [0.05, 0.1) is 17.1 Å². The number of amides is 1. The molecule has 5 heteroatoms. The molecule has 2 fully saturated rings. The zero-order valence-electron chi connectivity index (χ0n) is 13.9. The van der Waals surface area contributed by atoms with Gasteiger partial charge >= 0.3 is 0 Å². The van der Waals surface area contributed by atoms with Crippen molar-refractivity contribution in [2.24, 2.45) is 5.41 Å². The number of likely N-dealkylation sites (tertiary alicyclic amines) is 1. The normalized spacial score (nSPS) is 25.8. The number of aliphatic hydroxyl groups excluding tert-OH is 1. The van der Waals surface area contributed by atoms with Crippen molar-refractivity contribution in [3.8, 4) is 0 Å². The molecule has 2 atom stereocenters.